The molecule has 0 saturated carbocycles. The average molecular weight is 323 g/mol. The van der Waals surface area contributed by atoms with Crippen molar-refractivity contribution in [3.05, 3.63) is 28.8 Å². The van der Waals surface area contributed by atoms with Crippen LogP contribution in [-0.2, 0) is 10.0 Å². The summed E-state index contributed by atoms with van der Waals surface area (Å²) in [5.41, 5.74) is 6.43. The highest BCUT2D eigenvalue weighted by molar-refractivity contribution is 7.89. The number of carbonyl (C=O) groups is 1. The Kier molecular flexibility index (Phi) is 6.10. The van der Waals surface area contributed by atoms with Gasteiger partial charge in [-0.25, -0.2) is 13.6 Å². The zero-order chi connectivity index (χ0) is 14.8. The van der Waals surface area contributed by atoms with E-state index in [4.69, 9.17) is 22.6 Å². The molecular formula is C10H15ClN4O4S. The lowest BCUT2D eigenvalue weighted by Gasteiger charge is -2.10. The molecule has 0 aliphatic rings. The van der Waals surface area contributed by atoms with Crippen LogP contribution in [0.15, 0.2) is 21.5 Å². The van der Waals surface area contributed by atoms with Gasteiger partial charge < -0.3 is 11.2 Å². The van der Waals surface area contributed by atoms with Gasteiger partial charge in [0.15, 0.2) is 0 Å². The van der Waals surface area contributed by atoms with Gasteiger partial charge in [0, 0.05) is 17.3 Å². The van der Waals surface area contributed by atoms with Gasteiger partial charge in [0.2, 0.25) is 16.0 Å². The highest BCUT2D eigenvalue weighted by atomic mass is 35.5. The first-order chi connectivity index (χ1) is 8.66. The van der Waals surface area contributed by atoms with Crippen molar-refractivity contribution in [2.45, 2.75) is 18.7 Å². The monoisotopic (exact) mass is 322 g/mol. The molecule has 7 N–H and O–H groups in total. The summed E-state index contributed by atoms with van der Waals surface area (Å²) >= 11 is 5.08. The summed E-state index contributed by atoms with van der Waals surface area (Å²) in [6, 6.07) is 2.69. The van der Waals surface area contributed by atoms with Crippen molar-refractivity contribution in [3.8, 4) is 0 Å². The molecule has 0 heterocycles. The number of primary sulfonamides is 1. The lowest BCUT2D eigenvalue weighted by Crippen LogP contribution is -2.36. The van der Waals surface area contributed by atoms with Crippen LogP contribution in [0.5, 0.6) is 0 Å². The van der Waals surface area contributed by atoms with Crippen molar-refractivity contribution in [1.29, 1.82) is 0 Å². The predicted octanol–water partition coefficient (Wildman–Crippen LogP) is -0.676. The molecule has 1 aromatic carbocycles. The Morgan fingerprint density at radius 3 is 2.35 bits per heavy atom. The first-order valence-electron chi connectivity index (χ1n) is 5.06. The Morgan fingerprint density at radius 2 is 1.90 bits per heavy atom. The number of carbonyl (C=O) groups excluding carboxylic acids is 1. The van der Waals surface area contributed by atoms with Gasteiger partial charge >= 0.3 is 0 Å². The highest BCUT2D eigenvalue weighted by Gasteiger charge is 2.17. The van der Waals surface area contributed by atoms with E-state index in [1.807, 2.05) is 0 Å². The van der Waals surface area contributed by atoms with Gasteiger partial charge in [-0.05, 0) is 37.1 Å². The normalized spacial score (nSPS) is 11.7. The summed E-state index contributed by atoms with van der Waals surface area (Å²) in [7, 11) is -3.91. The van der Waals surface area contributed by atoms with E-state index in [1.54, 1.807) is 13.8 Å². The van der Waals surface area contributed by atoms with Crippen LogP contribution in [0.2, 0.25) is 0 Å². The van der Waals surface area contributed by atoms with Crippen molar-refractivity contribution in [2.24, 2.45) is 15.4 Å². The van der Waals surface area contributed by atoms with Crippen molar-refractivity contribution >= 4 is 33.7 Å². The molecule has 0 saturated heterocycles. The van der Waals surface area contributed by atoms with Crippen LogP contribution in [-0.4, -0.2) is 25.8 Å². The molecule has 1 amide bonds. The maximum atomic E-state index is 11.8. The van der Waals surface area contributed by atoms with E-state index in [9.17, 15) is 13.2 Å². The summed E-state index contributed by atoms with van der Waals surface area (Å²) in [4.78, 5) is 11.7. The van der Waals surface area contributed by atoms with Crippen LogP contribution in [0, 0.1) is 13.8 Å². The number of benzene rings is 1. The van der Waals surface area contributed by atoms with Crippen molar-refractivity contribution < 1.29 is 18.7 Å². The van der Waals surface area contributed by atoms with Crippen molar-refractivity contribution in [3.63, 3.8) is 0 Å². The maximum Gasteiger partial charge on any atom is 0.258 e. The molecule has 0 aromatic heterocycles. The second kappa shape index (κ2) is 6.66. The summed E-state index contributed by atoms with van der Waals surface area (Å²) in [6.45, 7) is 3.27. The molecule has 0 radical (unpaired) electrons. The average Bonchev–Trinajstić information content (AvgIpc) is 2.30. The number of nitrogens with zero attached hydrogens (tertiary/aromatic N) is 1. The van der Waals surface area contributed by atoms with Crippen LogP contribution in [0.25, 0.3) is 0 Å². The summed E-state index contributed by atoms with van der Waals surface area (Å²) in [6.07, 6.45) is 0. The number of rotatable bonds is 2. The fraction of sp³-hybridized carbons (Fsp3) is 0.200. The minimum Gasteiger partial charge on any atom is -0.412 e. The molecule has 8 nitrogen and oxygen atoms in total. The van der Waals surface area contributed by atoms with E-state index in [1.165, 1.54) is 12.1 Å². The molecule has 0 fully saturated rings. The summed E-state index contributed by atoms with van der Waals surface area (Å²) in [5.74, 6) is -0.919. The molecule has 10 heteroatoms. The van der Waals surface area contributed by atoms with Crippen LogP contribution in [0.3, 0.4) is 0 Å². The number of halogens is 1. The van der Waals surface area contributed by atoms with Gasteiger partial charge in [-0.15, -0.1) is 4.51 Å². The number of hydrogen-bond acceptors (Lipinski definition) is 4. The van der Waals surface area contributed by atoms with Gasteiger partial charge in [-0.1, -0.05) is 0 Å². The molecule has 1 rings (SSSR count). The first kappa shape index (κ1) is 18.3. The Bertz CT molecular complexity index is 657. The van der Waals surface area contributed by atoms with Crippen molar-refractivity contribution in [2.75, 3.05) is 0 Å². The molecule has 0 aliphatic heterocycles. The Balaban J connectivity index is 0.00000361. The predicted molar refractivity (Wildman–Crippen MR) is 75.8 cm³/mol. The van der Waals surface area contributed by atoms with Gasteiger partial charge in [0.05, 0.1) is 4.90 Å². The summed E-state index contributed by atoms with van der Waals surface area (Å²) < 4.78 is 25.9. The molecule has 0 spiro atoms. The molecule has 0 aliphatic carbocycles. The van der Waals surface area contributed by atoms with Gasteiger partial charge in [-0.2, -0.15) is 0 Å². The standard InChI is InChI=1S/C10H13ClN4O3S.H2O/c1-5-3-7(9(16)14-10(12)15-11)4-8(6(5)2)19(13,17)18;/h3-4H,1-2H3,(H2,13,17,18)(H3,12,14,15,16);1H2. The topological polar surface area (TPSA) is 159 Å². The van der Waals surface area contributed by atoms with E-state index < -0.39 is 15.9 Å². The third-order valence-corrected chi connectivity index (χ3v) is 3.74. The van der Waals surface area contributed by atoms with E-state index in [0.717, 1.165) is 0 Å². The van der Waals surface area contributed by atoms with E-state index in [0.29, 0.717) is 11.1 Å². The van der Waals surface area contributed by atoms with Crippen LogP contribution in [0.1, 0.15) is 21.5 Å². The number of amides is 1. The molecule has 0 atom stereocenters. The number of nitrogens with one attached hydrogen (secondary N) is 1. The quantitative estimate of drug-likeness (QED) is 0.486. The molecule has 20 heavy (non-hydrogen) atoms. The second-order valence-corrected chi connectivity index (χ2v) is 5.58. The number of guanidine groups is 1. The molecular weight excluding hydrogens is 308 g/mol. The third-order valence-electron chi connectivity index (χ3n) is 2.52. The molecule has 112 valence electrons. The largest absolute Gasteiger partial charge is 0.412 e. The first-order valence-corrected chi connectivity index (χ1v) is 6.95. The van der Waals surface area contributed by atoms with E-state index in [-0.39, 0.29) is 21.9 Å². The molecule has 1 aromatic rings. The van der Waals surface area contributed by atoms with Gasteiger partial charge in [0.1, 0.15) is 0 Å². The second-order valence-electron chi connectivity index (χ2n) is 3.89. The zero-order valence-corrected chi connectivity index (χ0v) is 12.3. The van der Waals surface area contributed by atoms with E-state index >= 15 is 0 Å². The lowest BCUT2D eigenvalue weighted by atomic mass is 10.1. The summed E-state index contributed by atoms with van der Waals surface area (Å²) in [5, 5.41) is 7.29. The number of nitrogens with two attached hydrogens (primary N) is 2. The number of aryl methyl sites for hydroxylation is 1. The Hall–Kier alpha value is -1.68. The van der Waals surface area contributed by atoms with Gasteiger partial charge in [-0.3, -0.25) is 10.1 Å². The lowest BCUT2D eigenvalue weighted by molar-refractivity contribution is 0.0976. The van der Waals surface area contributed by atoms with Crippen LogP contribution >= 0.6 is 11.8 Å². The van der Waals surface area contributed by atoms with Gasteiger partial charge in [0.25, 0.3) is 5.91 Å². The fourth-order valence-corrected chi connectivity index (χ4v) is 2.38. The fourth-order valence-electron chi connectivity index (χ4n) is 1.46. The number of hydrogen-bond donors (Lipinski definition) is 3. The maximum absolute atomic E-state index is 11.8. The van der Waals surface area contributed by atoms with Crippen LogP contribution in [0.4, 0.5) is 0 Å². The van der Waals surface area contributed by atoms with Crippen LogP contribution < -0.4 is 16.2 Å². The van der Waals surface area contributed by atoms with E-state index in [2.05, 4.69) is 9.83 Å². The highest BCUT2D eigenvalue weighted by Crippen LogP contribution is 2.20. The minimum atomic E-state index is -3.91. The SMILES string of the molecule is Cc1cc(C(=O)NC(N)=NCl)cc(S(N)(=O)=O)c1C.O. The smallest absolute Gasteiger partial charge is 0.258 e. The molecule has 0 unspecified atom stereocenters. The zero-order valence-electron chi connectivity index (χ0n) is 10.8. The molecule has 0 bridgehead atoms. The minimum absolute atomic E-state index is 0. The van der Waals surface area contributed by atoms with Crippen molar-refractivity contribution in [1.82, 2.24) is 5.32 Å². The number of sulfonamides is 1. The Labute approximate surface area is 121 Å². The Morgan fingerprint density at radius 1 is 1.35 bits per heavy atom. The third kappa shape index (κ3) is 4.17.